The second kappa shape index (κ2) is 5.48. The monoisotopic (exact) mass is 314 g/mol. The van der Waals surface area contributed by atoms with Gasteiger partial charge in [-0.05, 0) is 39.5 Å². The predicted molar refractivity (Wildman–Crippen MR) is 86.2 cm³/mol. The summed E-state index contributed by atoms with van der Waals surface area (Å²) in [5.41, 5.74) is -0.339. The van der Waals surface area contributed by atoms with Crippen molar-refractivity contribution in [2.75, 3.05) is 6.61 Å². The first-order valence-corrected chi connectivity index (χ1v) is 7.89. The van der Waals surface area contributed by atoms with Gasteiger partial charge in [0.1, 0.15) is 5.82 Å². The van der Waals surface area contributed by atoms with Gasteiger partial charge in [-0.25, -0.2) is 9.97 Å². The predicted octanol–water partition coefficient (Wildman–Crippen LogP) is 3.09. The number of carboxylic acid groups (broad SMARTS) is 1. The average molecular weight is 314 g/mol. The molecule has 3 rings (SSSR count). The number of nitrogens with zero attached hydrogens (tertiary/aromatic N) is 2. The summed E-state index contributed by atoms with van der Waals surface area (Å²) >= 11 is 0. The van der Waals surface area contributed by atoms with E-state index < -0.39 is 11.4 Å². The van der Waals surface area contributed by atoms with Gasteiger partial charge in [-0.1, -0.05) is 24.3 Å². The number of hydrogen-bond donors (Lipinski definition) is 1. The second-order valence-corrected chi connectivity index (χ2v) is 6.78. The van der Waals surface area contributed by atoms with Crippen LogP contribution in [-0.2, 0) is 4.79 Å². The average Bonchev–Trinajstić information content (AvgIpc) is 3.15. The van der Waals surface area contributed by atoms with Crippen LogP contribution in [0.25, 0.3) is 0 Å². The molecule has 1 unspecified atom stereocenters. The smallest absolute Gasteiger partial charge is 0.310 e. The van der Waals surface area contributed by atoms with Crippen LogP contribution in [0.1, 0.15) is 31.3 Å². The van der Waals surface area contributed by atoms with E-state index in [2.05, 4.69) is 22.1 Å². The lowest BCUT2D eigenvalue weighted by molar-refractivity contribution is -0.145. The molecule has 2 aliphatic carbocycles. The van der Waals surface area contributed by atoms with Crippen LogP contribution in [0.4, 0.5) is 0 Å². The Balaban J connectivity index is 1.82. The zero-order chi connectivity index (χ0) is 16.7. The number of carbonyl (C=O) groups is 1. The van der Waals surface area contributed by atoms with Gasteiger partial charge >= 0.3 is 5.97 Å². The largest absolute Gasteiger partial charge is 0.489 e. The molecule has 2 aliphatic rings. The summed E-state index contributed by atoms with van der Waals surface area (Å²) in [4.78, 5) is 20.2. The maximum absolute atomic E-state index is 11.7. The van der Waals surface area contributed by atoms with Gasteiger partial charge in [0.2, 0.25) is 0 Å². The topological polar surface area (TPSA) is 72.3 Å². The molecule has 122 valence electrons. The summed E-state index contributed by atoms with van der Waals surface area (Å²) in [6.07, 6.45) is 11.3. The molecule has 0 aromatic carbocycles. The molecule has 0 bridgehead atoms. The van der Waals surface area contributed by atoms with Gasteiger partial charge in [0.15, 0.2) is 5.75 Å². The highest BCUT2D eigenvalue weighted by atomic mass is 16.5. The molecule has 5 heteroatoms. The third-order valence-electron chi connectivity index (χ3n) is 5.35. The molecule has 1 N–H and O–H groups in total. The Morgan fingerprint density at radius 3 is 2.78 bits per heavy atom. The van der Waals surface area contributed by atoms with Crippen LogP contribution in [0.5, 0.6) is 5.75 Å². The lowest BCUT2D eigenvalue weighted by Crippen LogP contribution is -2.32. The molecule has 0 spiro atoms. The van der Waals surface area contributed by atoms with E-state index in [9.17, 15) is 9.90 Å². The van der Waals surface area contributed by atoms with Crippen LogP contribution in [0.3, 0.4) is 0 Å². The molecule has 1 heterocycles. The van der Waals surface area contributed by atoms with Crippen molar-refractivity contribution >= 4 is 5.97 Å². The summed E-state index contributed by atoms with van der Waals surface area (Å²) < 4.78 is 5.97. The molecule has 1 aromatic heterocycles. The van der Waals surface area contributed by atoms with Crippen molar-refractivity contribution in [2.24, 2.45) is 16.7 Å². The fraction of sp³-hybridized carbons (Fsp3) is 0.500. The lowest BCUT2D eigenvalue weighted by Gasteiger charge is -2.28. The van der Waals surface area contributed by atoms with E-state index in [1.54, 1.807) is 6.20 Å². The quantitative estimate of drug-likeness (QED) is 0.904. The molecule has 0 aliphatic heterocycles. The zero-order valence-corrected chi connectivity index (χ0v) is 13.7. The summed E-state index contributed by atoms with van der Waals surface area (Å²) in [6, 6.07) is 0. The number of allylic oxidation sites excluding steroid dienone is 4. The highest BCUT2D eigenvalue weighted by Gasteiger charge is 2.72. The van der Waals surface area contributed by atoms with Gasteiger partial charge < -0.3 is 9.84 Å². The standard InChI is InChI=1S/C18H22N2O3/c1-12-15(9-19-13(2)20-12)23-11-18(10-17(18,3)16(21)22)14-7-5-4-6-8-14/h4-7,9,14H,8,10-11H2,1-3H3,(H,21,22)/t14?,17-,18+/m0/s1. The molecule has 0 saturated heterocycles. The highest BCUT2D eigenvalue weighted by Crippen LogP contribution is 2.69. The first-order chi connectivity index (χ1) is 10.9. The summed E-state index contributed by atoms with van der Waals surface area (Å²) in [6.45, 7) is 5.90. The molecular formula is C18H22N2O3. The van der Waals surface area contributed by atoms with Gasteiger partial charge in [0.25, 0.3) is 0 Å². The van der Waals surface area contributed by atoms with Gasteiger partial charge in [-0.15, -0.1) is 0 Å². The van der Waals surface area contributed by atoms with Gasteiger partial charge in [-0.2, -0.15) is 0 Å². The van der Waals surface area contributed by atoms with Crippen LogP contribution in [0.15, 0.2) is 30.5 Å². The second-order valence-electron chi connectivity index (χ2n) is 6.78. The number of rotatable bonds is 5. The number of aryl methyl sites for hydroxylation is 2. The minimum absolute atomic E-state index is 0.181. The molecule has 1 saturated carbocycles. The van der Waals surface area contributed by atoms with Crippen molar-refractivity contribution in [2.45, 2.75) is 33.6 Å². The fourth-order valence-electron chi connectivity index (χ4n) is 3.64. The third-order valence-corrected chi connectivity index (χ3v) is 5.35. The minimum Gasteiger partial charge on any atom is -0.489 e. The molecule has 3 atom stereocenters. The highest BCUT2D eigenvalue weighted by molar-refractivity contribution is 5.80. The van der Waals surface area contributed by atoms with Crippen molar-refractivity contribution in [3.05, 3.63) is 42.0 Å². The first kappa shape index (κ1) is 15.7. The molecule has 5 nitrogen and oxygen atoms in total. The molecule has 1 aromatic rings. The van der Waals surface area contributed by atoms with Gasteiger partial charge in [-0.3, -0.25) is 4.79 Å². The maximum Gasteiger partial charge on any atom is 0.310 e. The third kappa shape index (κ3) is 2.54. The molecule has 23 heavy (non-hydrogen) atoms. The lowest BCUT2D eigenvalue weighted by atomic mass is 9.79. The Bertz CT molecular complexity index is 698. The first-order valence-electron chi connectivity index (χ1n) is 7.89. The van der Waals surface area contributed by atoms with E-state index in [0.717, 1.165) is 12.1 Å². The van der Waals surface area contributed by atoms with E-state index in [1.807, 2.05) is 32.9 Å². The molecule has 1 fully saturated rings. The Morgan fingerprint density at radius 2 is 2.22 bits per heavy atom. The number of aliphatic carboxylic acids is 1. The number of hydrogen-bond acceptors (Lipinski definition) is 4. The van der Waals surface area contributed by atoms with E-state index in [1.165, 1.54) is 0 Å². The summed E-state index contributed by atoms with van der Waals surface area (Å²) in [5, 5.41) is 9.64. The van der Waals surface area contributed by atoms with Crippen LogP contribution < -0.4 is 4.74 Å². The molecule has 0 radical (unpaired) electrons. The van der Waals surface area contributed by atoms with E-state index >= 15 is 0 Å². The summed E-state index contributed by atoms with van der Waals surface area (Å²) in [7, 11) is 0. The van der Waals surface area contributed by atoms with Crippen LogP contribution in [0.2, 0.25) is 0 Å². The Labute approximate surface area is 136 Å². The molecule has 0 amide bonds. The maximum atomic E-state index is 11.7. The van der Waals surface area contributed by atoms with Crippen LogP contribution in [0, 0.1) is 30.6 Å². The Morgan fingerprint density at radius 1 is 1.43 bits per heavy atom. The Hall–Kier alpha value is -2.17. The van der Waals surface area contributed by atoms with Gasteiger partial charge in [0, 0.05) is 5.41 Å². The van der Waals surface area contributed by atoms with Crippen molar-refractivity contribution in [3.8, 4) is 5.75 Å². The van der Waals surface area contributed by atoms with Crippen molar-refractivity contribution < 1.29 is 14.6 Å². The van der Waals surface area contributed by atoms with E-state index in [-0.39, 0.29) is 11.3 Å². The van der Waals surface area contributed by atoms with Gasteiger partial charge in [0.05, 0.1) is 23.9 Å². The normalized spacial score (nSPS) is 31.9. The van der Waals surface area contributed by atoms with Crippen molar-refractivity contribution in [3.63, 3.8) is 0 Å². The number of carboxylic acids is 1. The van der Waals surface area contributed by atoms with Crippen molar-refractivity contribution in [1.82, 2.24) is 9.97 Å². The number of aromatic nitrogens is 2. The number of ether oxygens (including phenoxy) is 1. The zero-order valence-electron chi connectivity index (χ0n) is 13.7. The van der Waals surface area contributed by atoms with E-state index in [4.69, 9.17) is 4.74 Å². The van der Waals surface area contributed by atoms with E-state index in [0.29, 0.717) is 24.6 Å². The summed E-state index contributed by atoms with van der Waals surface area (Å²) in [5.74, 6) is 0.762. The van der Waals surface area contributed by atoms with Crippen LogP contribution >= 0.6 is 0 Å². The van der Waals surface area contributed by atoms with Crippen LogP contribution in [-0.4, -0.2) is 27.7 Å². The fourth-order valence-corrected chi connectivity index (χ4v) is 3.64. The SMILES string of the molecule is Cc1ncc(OC[C@@]2(C3C=CC=CC3)C[C@@]2(C)C(=O)O)c(C)n1. The molecular weight excluding hydrogens is 292 g/mol. The van der Waals surface area contributed by atoms with Crippen molar-refractivity contribution in [1.29, 1.82) is 0 Å². The Kier molecular flexibility index (Phi) is 3.74. The minimum atomic E-state index is -0.749.